The van der Waals surface area contributed by atoms with Gasteiger partial charge in [-0.25, -0.2) is 0 Å². The Morgan fingerprint density at radius 1 is 0.846 bits per heavy atom. The summed E-state index contributed by atoms with van der Waals surface area (Å²) in [6, 6.07) is 7.95. The van der Waals surface area contributed by atoms with Gasteiger partial charge in [0, 0.05) is 17.7 Å². The van der Waals surface area contributed by atoms with Gasteiger partial charge in [0.25, 0.3) is 0 Å². The average molecular weight is 358 g/mol. The molecule has 0 radical (unpaired) electrons. The molecule has 0 saturated heterocycles. The molecule has 3 aromatic rings. The second-order valence-electron chi connectivity index (χ2n) is 5.38. The predicted molar refractivity (Wildman–Crippen MR) is 95.8 cm³/mol. The van der Waals surface area contributed by atoms with E-state index >= 15 is 0 Å². The summed E-state index contributed by atoms with van der Waals surface area (Å²) in [4.78, 5) is 12.6. The summed E-state index contributed by atoms with van der Waals surface area (Å²) in [6.45, 7) is 0. The fraction of sp³-hybridized carbons (Fsp3) is 0.211. The molecule has 0 unspecified atom stereocenters. The van der Waals surface area contributed by atoms with Gasteiger partial charge in [0.1, 0.15) is 16.7 Å². The lowest BCUT2D eigenvalue weighted by Gasteiger charge is -2.12. The molecule has 7 nitrogen and oxygen atoms in total. The zero-order valence-corrected chi connectivity index (χ0v) is 14.8. The third-order valence-corrected chi connectivity index (χ3v) is 4.00. The lowest BCUT2D eigenvalue weighted by molar-refractivity contribution is 0.342. The minimum Gasteiger partial charge on any atom is -0.502 e. The second-order valence-corrected chi connectivity index (χ2v) is 5.38. The van der Waals surface area contributed by atoms with Crippen LogP contribution in [0.5, 0.6) is 28.7 Å². The van der Waals surface area contributed by atoms with Crippen molar-refractivity contribution in [3.63, 3.8) is 0 Å². The number of rotatable bonds is 5. The van der Waals surface area contributed by atoms with Crippen molar-refractivity contribution < 1.29 is 28.5 Å². The Balaban J connectivity index is 2.27. The number of aromatic hydroxyl groups is 1. The van der Waals surface area contributed by atoms with Crippen molar-refractivity contribution in [1.82, 2.24) is 0 Å². The molecule has 3 rings (SSSR count). The standard InChI is InChI=1S/C19H18O7/c1-22-12-6-5-10(7-14(12)23-2)13-8-11(20)17-15(26-13)9-16(24-3)18(21)19(17)25-4/h5-9,21H,1-4H3. The highest BCUT2D eigenvalue weighted by atomic mass is 16.5. The van der Waals surface area contributed by atoms with E-state index in [2.05, 4.69) is 0 Å². The molecular weight excluding hydrogens is 340 g/mol. The minimum atomic E-state index is -0.356. The second kappa shape index (κ2) is 6.87. The normalized spacial score (nSPS) is 10.6. The molecule has 0 aliphatic rings. The number of ether oxygens (including phenoxy) is 4. The Hall–Kier alpha value is -3.35. The first kappa shape index (κ1) is 17.5. The summed E-state index contributed by atoms with van der Waals surface area (Å²) in [7, 11) is 5.82. The van der Waals surface area contributed by atoms with E-state index < -0.39 is 0 Å². The SMILES string of the molecule is COc1ccc(-c2cc(=O)c3c(OC)c(O)c(OC)cc3o2)cc1OC. The lowest BCUT2D eigenvalue weighted by Crippen LogP contribution is -2.04. The van der Waals surface area contributed by atoms with Crippen molar-refractivity contribution in [2.45, 2.75) is 0 Å². The molecule has 0 spiro atoms. The van der Waals surface area contributed by atoms with E-state index in [1.54, 1.807) is 25.3 Å². The van der Waals surface area contributed by atoms with E-state index in [0.717, 1.165) is 0 Å². The van der Waals surface area contributed by atoms with Crippen LogP contribution in [0.2, 0.25) is 0 Å². The maximum atomic E-state index is 12.6. The van der Waals surface area contributed by atoms with Gasteiger partial charge in [-0.3, -0.25) is 4.79 Å². The summed E-state index contributed by atoms with van der Waals surface area (Å²) < 4.78 is 26.7. The molecular formula is C19H18O7. The number of methoxy groups -OCH3 is 4. The zero-order valence-electron chi connectivity index (χ0n) is 14.8. The van der Waals surface area contributed by atoms with Crippen LogP contribution >= 0.6 is 0 Å². The molecule has 1 heterocycles. The average Bonchev–Trinajstić information content (AvgIpc) is 2.67. The summed E-state index contributed by atoms with van der Waals surface area (Å²) in [5.74, 6) is 1.29. The molecule has 0 aliphatic carbocycles. The molecule has 0 bridgehead atoms. The quantitative estimate of drug-likeness (QED) is 0.749. The van der Waals surface area contributed by atoms with E-state index in [0.29, 0.717) is 22.8 Å². The van der Waals surface area contributed by atoms with Crippen molar-refractivity contribution in [2.75, 3.05) is 28.4 Å². The molecule has 0 aliphatic heterocycles. The number of phenols is 1. The fourth-order valence-corrected chi connectivity index (χ4v) is 2.74. The van der Waals surface area contributed by atoms with Crippen LogP contribution in [0.25, 0.3) is 22.3 Å². The van der Waals surface area contributed by atoms with Crippen LogP contribution < -0.4 is 24.4 Å². The van der Waals surface area contributed by atoms with Gasteiger partial charge in [-0.15, -0.1) is 0 Å². The largest absolute Gasteiger partial charge is 0.502 e. The first-order valence-electron chi connectivity index (χ1n) is 7.68. The molecule has 0 amide bonds. The van der Waals surface area contributed by atoms with Gasteiger partial charge in [0.15, 0.2) is 28.4 Å². The number of fused-ring (bicyclic) bond motifs is 1. The van der Waals surface area contributed by atoms with Gasteiger partial charge in [0.2, 0.25) is 5.75 Å². The number of hydrogen-bond acceptors (Lipinski definition) is 7. The first-order chi connectivity index (χ1) is 12.5. The highest BCUT2D eigenvalue weighted by molar-refractivity contribution is 5.89. The summed E-state index contributed by atoms with van der Waals surface area (Å²) >= 11 is 0. The van der Waals surface area contributed by atoms with E-state index in [-0.39, 0.29) is 33.6 Å². The van der Waals surface area contributed by atoms with Crippen LogP contribution in [0, 0.1) is 0 Å². The molecule has 1 N–H and O–H groups in total. The Morgan fingerprint density at radius 2 is 1.54 bits per heavy atom. The van der Waals surface area contributed by atoms with Crippen molar-refractivity contribution in [3.8, 4) is 40.1 Å². The van der Waals surface area contributed by atoms with E-state index in [4.69, 9.17) is 23.4 Å². The molecule has 0 atom stereocenters. The van der Waals surface area contributed by atoms with E-state index in [1.165, 1.54) is 33.5 Å². The highest BCUT2D eigenvalue weighted by Gasteiger charge is 2.20. The molecule has 26 heavy (non-hydrogen) atoms. The highest BCUT2D eigenvalue weighted by Crippen LogP contribution is 2.42. The Morgan fingerprint density at radius 3 is 2.15 bits per heavy atom. The van der Waals surface area contributed by atoms with Gasteiger partial charge in [-0.1, -0.05) is 0 Å². The van der Waals surface area contributed by atoms with Crippen molar-refractivity contribution in [1.29, 1.82) is 0 Å². The maximum Gasteiger partial charge on any atom is 0.201 e. The predicted octanol–water partition coefficient (Wildman–Crippen LogP) is 3.20. The van der Waals surface area contributed by atoms with Crippen molar-refractivity contribution in [2.24, 2.45) is 0 Å². The van der Waals surface area contributed by atoms with Gasteiger partial charge in [-0.05, 0) is 18.2 Å². The van der Waals surface area contributed by atoms with Crippen LogP contribution in [-0.4, -0.2) is 33.5 Å². The third kappa shape index (κ3) is 2.77. The Labute approximate surface area is 149 Å². The van der Waals surface area contributed by atoms with Gasteiger partial charge >= 0.3 is 0 Å². The van der Waals surface area contributed by atoms with Crippen LogP contribution in [0.1, 0.15) is 0 Å². The van der Waals surface area contributed by atoms with Crippen molar-refractivity contribution in [3.05, 3.63) is 40.6 Å². The molecule has 0 fully saturated rings. The first-order valence-corrected chi connectivity index (χ1v) is 7.68. The van der Waals surface area contributed by atoms with Crippen LogP contribution in [0.4, 0.5) is 0 Å². The number of benzene rings is 2. The van der Waals surface area contributed by atoms with Crippen LogP contribution in [0.3, 0.4) is 0 Å². The molecule has 7 heteroatoms. The number of phenolic OH excluding ortho intramolecular Hbond substituents is 1. The van der Waals surface area contributed by atoms with E-state index in [9.17, 15) is 9.90 Å². The zero-order chi connectivity index (χ0) is 18.8. The monoisotopic (exact) mass is 358 g/mol. The summed E-state index contributed by atoms with van der Waals surface area (Å²) in [5.41, 5.74) is 0.507. The van der Waals surface area contributed by atoms with Gasteiger partial charge in [-0.2, -0.15) is 0 Å². The summed E-state index contributed by atoms with van der Waals surface area (Å²) in [6.07, 6.45) is 0. The Bertz CT molecular complexity index is 1020. The maximum absolute atomic E-state index is 12.6. The number of hydrogen-bond donors (Lipinski definition) is 1. The molecule has 2 aromatic carbocycles. The molecule has 0 saturated carbocycles. The van der Waals surface area contributed by atoms with Crippen LogP contribution in [0.15, 0.2) is 39.5 Å². The fourth-order valence-electron chi connectivity index (χ4n) is 2.74. The topological polar surface area (TPSA) is 87.4 Å². The summed E-state index contributed by atoms with van der Waals surface area (Å²) in [5, 5.41) is 10.3. The Kier molecular flexibility index (Phi) is 4.62. The molecule has 1 aromatic heterocycles. The third-order valence-electron chi connectivity index (χ3n) is 4.00. The van der Waals surface area contributed by atoms with E-state index in [1.807, 2.05) is 0 Å². The lowest BCUT2D eigenvalue weighted by atomic mass is 10.1. The van der Waals surface area contributed by atoms with Gasteiger partial charge in [0.05, 0.1) is 28.4 Å². The minimum absolute atomic E-state index is 0.00645. The molecule has 136 valence electrons. The smallest absolute Gasteiger partial charge is 0.201 e. The van der Waals surface area contributed by atoms with Crippen molar-refractivity contribution >= 4 is 11.0 Å². The van der Waals surface area contributed by atoms with Gasteiger partial charge < -0.3 is 28.5 Å². The van der Waals surface area contributed by atoms with Crippen LogP contribution in [-0.2, 0) is 0 Å².